The fourth-order valence-corrected chi connectivity index (χ4v) is 3.46. The van der Waals surface area contributed by atoms with Crippen molar-refractivity contribution >= 4 is 5.91 Å². The van der Waals surface area contributed by atoms with Crippen LogP contribution in [0, 0.1) is 12.8 Å². The van der Waals surface area contributed by atoms with E-state index < -0.39 is 0 Å². The standard InChI is InChI=1S/C17H20N4O/c1-11-9-21-10-13(4-5-16(21)19-11)20-17(22)15-7-14(15)12-3-2-6-18-8-12/h2-3,6,8-9,13-15H,4-5,7,10H2,1H3,(H,20,22)/t13-,14-,15+/m0/s1. The van der Waals surface area contributed by atoms with Crippen molar-refractivity contribution < 1.29 is 4.79 Å². The highest BCUT2D eigenvalue weighted by atomic mass is 16.2. The second-order valence-electron chi connectivity index (χ2n) is 6.43. The van der Waals surface area contributed by atoms with Crippen LogP contribution in [0.1, 0.15) is 35.8 Å². The van der Waals surface area contributed by atoms with Crippen molar-refractivity contribution in [3.63, 3.8) is 0 Å². The van der Waals surface area contributed by atoms with Gasteiger partial charge in [-0.05, 0) is 37.3 Å². The van der Waals surface area contributed by atoms with Crippen LogP contribution in [0.2, 0.25) is 0 Å². The molecule has 114 valence electrons. The highest BCUT2D eigenvalue weighted by Crippen LogP contribution is 2.47. The monoisotopic (exact) mass is 296 g/mol. The Morgan fingerprint density at radius 3 is 3.18 bits per heavy atom. The summed E-state index contributed by atoms with van der Waals surface area (Å²) in [5.74, 6) is 1.81. The Kier molecular flexibility index (Phi) is 3.21. The zero-order valence-electron chi connectivity index (χ0n) is 12.7. The van der Waals surface area contributed by atoms with Crippen molar-refractivity contribution in [1.29, 1.82) is 0 Å². The molecule has 1 aliphatic carbocycles. The van der Waals surface area contributed by atoms with Crippen LogP contribution < -0.4 is 5.32 Å². The van der Waals surface area contributed by atoms with Crippen LogP contribution in [0.15, 0.2) is 30.7 Å². The van der Waals surface area contributed by atoms with Crippen LogP contribution in [-0.2, 0) is 17.8 Å². The van der Waals surface area contributed by atoms with Gasteiger partial charge in [-0.1, -0.05) is 6.07 Å². The normalized spacial score (nSPS) is 26.3. The smallest absolute Gasteiger partial charge is 0.224 e. The summed E-state index contributed by atoms with van der Waals surface area (Å²) < 4.78 is 2.18. The summed E-state index contributed by atoms with van der Waals surface area (Å²) in [6.07, 6.45) is 8.58. The third-order valence-electron chi connectivity index (χ3n) is 4.70. The first-order valence-electron chi connectivity index (χ1n) is 7.93. The molecular formula is C17H20N4O. The molecule has 4 rings (SSSR count). The van der Waals surface area contributed by atoms with E-state index in [0.717, 1.165) is 37.3 Å². The van der Waals surface area contributed by atoms with Gasteiger partial charge in [0.05, 0.1) is 5.69 Å². The summed E-state index contributed by atoms with van der Waals surface area (Å²) in [7, 11) is 0. The molecule has 22 heavy (non-hydrogen) atoms. The third-order valence-corrected chi connectivity index (χ3v) is 4.70. The lowest BCUT2D eigenvalue weighted by molar-refractivity contribution is -0.123. The largest absolute Gasteiger partial charge is 0.351 e. The number of hydrogen-bond donors (Lipinski definition) is 1. The Morgan fingerprint density at radius 2 is 2.36 bits per heavy atom. The van der Waals surface area contributed by atoms with Gasteiger partial charge in [0.15, 0.2) is 0 Å². The van der Waals surface area contributed by atoms with E-state index in [1.807, 2.05) is 19.2 Å². The van der Waals surface area contributed by atoms with Gasteiger partial charge in [-0.3, -0.25) is 9.78 Å². The van der Waals surface area contributed by atoms with Gasteiger partial charge in [0.2, 0.25) is 5.91 Å². The van der Waals surface area contributed by atoms with E-state index in [2.05, 4.69) is 32.1 Å². The average Bonchev–Trinajstić information content (AvgIpc) is 3.24. The number of carbonyl (C=O) groups is 1. The minimum Gasteiger partial charge on any atom is -0.351 e. The van der Waals surface area contributed by atoms with E-state index in [-0.39, 0.29) is 17.9 Å². The lowest BCUT2D eigenvalue weighted by atomic mass is 10.1. The first kappa shape index (κ1) is 13.5. The Labute approximate surface area is 129 Å². The molecule has 3 atom stereocenters. The number of carbonyl (C=O) groups excluding carboxylic acids is 1. The summed E-state index contributed by atoms with van der Waals surface area (Å²) in [4.78, 5) is 21.1. The molecule has 0 bridgehead atoms. The number of fused-ring (bicyclic) bond motifs is 1. The predicted octanol–water partition coefficient (Wildman–Crippen LogP) is 1.82. The van der Waals surface area contributed by atoms with E-state index in [1.54, 1.807) is 6.20 Å². The Morgan fingerprint density at radius 1 is 1.45 bits per heavy atom. The first-order chi connectivity index (χ1) is 10.7. The zero-order chi connectivity index (χ0) is 15.1. The van der Waals surface area contributed by atoms with Crippen molar-refractivity contribution in [2.24, 2.45) is 5.92 Å². The number of nitrogens with one attached hydrogen (secondary N) is 1. The number of imidazole rings is 1. The molecule has 1 fully saturated rings. The zero-order valence-corrected chi connectivity index (χ0v) is 12.7. The average molecular weight is 296 g/mol. The fraction of sp³-hybridized carbons (Fsp3) is 0.471. The van der Waals surface area contributed by atoms with Gasteiger partial charge < -0.3 is 9.88 Å². The molecule has 2 aliphatic rings. The van der Waals surface area contributed by atoms with Gasteiger partial charge in [0, 0.05) is 43.5 Å². The molecule has 2 aromatic rings. The van der Waals surface area contributed by atoms with Crippen molar-refractivity contribution in [3.8, 4) is 0 Å². The van der Waals surface area contributed by atoms with Crippen LogP contribution in [0.4, 0.5) is 0 Å². The van der Waals surface area contributed by atoms with E-state index in [4.69, 9.17) is 0 Å². The number of nitrogens with zero attached hydrogens (tertiary/aromatic N) is 3. The lowest BCUT2D eigenvalue weighted by Gasteiger charge is -2.24. The fourth-order valence-electron chi connectivity index (χ4n) is 3.46. The van der Waals surface area contributed by atoms with Crippen molar-refractivity contribution in [2.75, 3.05) is 0 Å². The summed E-state index contributed by atoms with van der Waals surface area (Å²) in [5, 5.41) is 3.22. The third kappa shape index (κ3) is 2.51. The topological polar surface area (TPSA) is 59.8 Å². The number of hydrogen-bond acceptors (Lipinski definition) is 3. The summed E-state index contributed by atoms with van der Waals surface area (Å²) in [5.41, 5.74) is 2.24. The Bertz CT molecular complexity index is 694. The molecule has 1 saturated carbocycles. The molecule has 3 heterocycles. The Hall–Kier alpha value is -2.17. The van der Waals surface area contributed by atoms with Crippen molar-refractivity contribution in [1.82, 2.24) is 19.9 Å². The molecule has 5 heteroatoms. The quantitative estimate of drug-likeness (QED) is 0.940. The van der Waals surface area contributed by atoms with Gasteiger partial charge in [0.25, 0.3) is 0 Å². The molecule has 5 nitrogen and oxygen atoms in total. The number of pyridine rings is 1. The van der Waals surface area contributed by atoms with Gasteiger partial charge >= 0.3 is 0 Å². The number of aromatic nitrogens is 3. The van der Waals surface area contributed by atoms with Gasteiger partial charge in [-0.15, -0.1) is 0 Å². The number of rotatable bonds is 3. The molecule has 0 unspecified atom stereocenters. The number of amides is 1. The maximum absolute atomic E-state index is 12.4. The maximum atomic E-state index is 12.4. The van der Waals surface area contributed by atoms with Gasteiger partial charge in [-0.2, -0.15) is 0 Å². The molecule has 0 aromatic carbocycles. The molecule has 0 saturated heterocycles. The first-order valence-corrected chi connectivity index (χ1v) is 7.93. The van der Waals surface area contributed by atoms with Gasteiger partial charge in [0.1, 0.15) is 5.82 Å². The molecule has 0 radical (unpaired) electrons. The molecule has 1 amide bonds. The highest BCUT2D eigenvalue weighted by molar-refractivity contribution is 5.83. The van der Waals surface area contributed by atoms with E-state index in [0.29, 0.717) is 5.92 Å². The Balaban J connectivity index is 1.36. The van der Waals surface area contributed by atoms with Crippen molar-refractivity contribution in [2.45, 2.75) is 44.7 Å². The van der Waals surface area contributed by atoms with Crippen LogP contribution in [0.25, 0.3) is 0 Å². The summed E-state index contributed by atoms with van der Waals surface area (Å²) >= 11 is 0. The minimum absolute atomic E-state index is 0.120. The van der Waals surface area contributed by atoms with Crippen LogP contribution in [-0.4, -0.2) is 26.5 Å². The van der Waals surface area contributed by atoms with E-state index in [9.17, 15) is 4.79 Å². The lowest BCUT2D eigenvalue weighted by Crippen LogP contribution is -2.41. The maximum Gasteiger partial charge on any atom is 0.224 e. The molecule has 0 spiro atoms. The van der Waals surface area contributed by atoms with Crippen LogP contribution in [0.3, 0.4) is 0 Å². The predicted molar refractivity (Wildman–Crippen MR) is 82.3 cm³/mol. The minimum atomic E-state index is 0.120. The van der Waals surface area contributed by atoms with Crippen LogP contribution in [0.5, 0.6) is 0 Å². The molecular weight excluding hydrogens is 276 g/mol. The second-order valence-corrected chi connectivity index (χ2v) is 6.43. The molecule has 2 aromatic heterocycles. The van der Waals surface area contributed by atoms with E-state index in [1.165, 1.54) is 5.56 Å². The second kappa shape index (κ2) is 5.23. The number of aryl methyl sites for hydroxylation is 2. The summed E-state index contributed by atoms with van der Waals surface area (Å²) in [6, 6.07) is 4.22. The SMILES string of the molecule is Cc1cn2c(n1)CC[C@H](NC(=O)[C@@H]1C[C@H]1c1cccnc1)C2. The highest BCUT2D eigenvalue weighted by Gasteiger charge is 2.44. The van der Waals surface area contributed by atoms with Crippen LogP contribution >= 0.6 is 0 Å². The van der Waals surface area contributed by atoms with E-state index >= 15 is 0 Å². The molecule has 1 aliphatic heterocycles. The van der Waals surface area contributed by atoms with Crippen molar-refractivity contribution in [3.05, 3.63) is 47.8 Å². The molecule has 1 N–H and O–H groups in total. The van der Waals surface area contributed by atoms with Gasteiger partial charge in [-0.25, -0.2) is 4.98 Å². The summed E-state index contributed by atoms with van der Waals surface area (Å²) in [6.45, 7) is 2.85.